The zero-order valence-electron chi connectivity index (χ0n) is 13.3. The Bertz CT molecular complexity index is 623. The van der Waals surface area contributed by atoms with E-state index in [1.54, 1.807) is 11.8 Å². The van der Waals surface area contributed by atoms with Crippen molar-refractivity contribution in [3.05, 3.63) is 22.7 Å². The normalized spacial score (nSPS) is 16.4. The lowest BCUT2D eigenvalue weighted by molar-refractivity contribution is -0.142. The molecule has 24 heavy (non-hydrogen) atoms. The first-order valence-electron chi connectivity index (χ1n) is 7.40. The summed E-state index contributed by atoms with van der Waals surface area (Å²) in [7, 11) is 1.42. The van der Waals surface area contributed by atoms with Crippen LogP contribution in [0.2, 0.25) is 5.02 Å². The molecule has 1 atom stereocenters. The van der Waals surface area contributed by atoms with Crippen molar-refractivity contribution in [1.82, 2.24) is 10.2 Å². The second kappa shape index (κ2) is 8.46. The molecular weight excluding hydrogens is 354 g/mol. The Kier molecular flexibility index (Phi) is 6.59. The lowest BCUT2D eigenvalue weighted by Gasteiger charge is -2.31. The number of anilines is 1. The molecule has 1 fully saturated rings. The number of carboxylic acids is 1. The third-order valence-electron chi connectivity index (χ3n) is 3.79. The van der Waals surface area contributed by atoms with Crippen LogP contribution < -0.4 is 15.8 Å². The number of thioether (sulfide) groups is 1. The number of nitrogens with two attached hydrogens (primary N) is 1. The summed E-state index contributed by atoms with van der Waals surface area (Å²) in [6, 6.07) is 2.12. The largest absolute Gasteiger partial charge is 0.496 e. The van der Waals surface area contributed by atoms with Gasteiger partial charge in [-0.2, -0.15) is 11.8 Å². The Morgan fingerprint density at radius 2 is 2.12 bits per heavy atom. The summed E-state index contributed by atoms with van der Waals surface area (Å²) in [4.78, 5) is 25.8. The lowest BCUT2D eigenvalue weighted by Crippen LogP contribution is -2.51. The molecule has 1 saturated heterocycles. The molecule has 2 rings (SSSR count). The molecule has 0 aliphatic carbocycles. The van der Waals surface area contributed by atoms with Crippen LogP contribution in [0.3, 0.4) is 0 Å². The minimum Gasteiger partial charge on any atom is -0.496 e. The number of carbonyl (C=O) groups excluding carboxylic acids is 1. The fourth-order valence-electron chi connectivity index (χ4n) is 2.46. The highest BCUT2D eigenvalue weighted by Gasteiger charge is 2.28. The number of carboxylic acid groups (broad SMARTS) is 1. The van der Waals surface area contributed by atoms with E-state index < -0.39 is 17.9 Å². The number of ether oxygens (including phenoxy) is 1. The van der Waals surface area contributed by atoms with Crippen LogP contribution in [0, 0.1) is 0 Å². The molecule has 1 aliphatic rings. The maximum Gasteiger partial charge on any atom is 0.322 e. The maximum absolute atomic E-state index is 12.4. The number of halogens is 1. The van der Waals surface area contributed by atoms with E-state index in [1.807, 2.05) is 4.90 Å². The number of hydrogen-bond acceptors (Lipinski definition) is 6. The summed E-state index contributed by atoms with van der Waals surface area (Å²) in [5, 5.41) is 12.3. The van der Waals surface area contributed by atoms with Gasteiger partial charge in [0.25, 0.3) is 5.91 Å². The van der Waals surface area contributed by atoms with E-state index >= 15 is 0 Å². The third kappa shape index (κ3) is 4.46. The van der Waals surface area contributed by atoms with Gasteiger partial charge < -0.3 is 20.9 Å². The fraction of sp³-hybridized carbons (Fsp3) is 0.467. The number of carbonyl (C=O) groups is 2. The predicted octanol–water partition coefficient (Wildman–Crippen LogP) is 1.16. The number of hydrogen-bond donors (Lipinski definition) is 3. The van der Waals surface area contributed by atoms with E-state index in [0.29, 0.717) is 18.8 Å². The van der Waals surface area contributed by atoms with E-state index in [0.717, 1.165) is 11.5 Å². The first kappa shape index (κ1) is 18.7. The van der Waals surface area contributed by atoms with Crippen LogP contribution in [0.4, 0.5) is 5.69 Å². The van der Waals surface area contributed by atoms with Crippen molar-refractivity contribution < 1.29 is 19.4 Å². The highest BCUT2D eigenvalue weighted by atomic mass is 35.5. The number of amides is 1. The number of methoxy groups -OCH3 is 1. The van der Waals surface area contributed by atoms with Crippen molar-refractivity contribution in [2.45, 2.75) is 6.04 Å². The second-order valence-electron chi connectivity index (χ2n) is 5.29. The molecule has 1 unspecified atom stereocenters. The zero-order valence-corrected chi connectivity index (χ0v) is 14.8. The molecule has 4 N–H and O–H groups in total. The first-order chi connectivity index (χ1) is 11.4. The molecule has 1 heterocycles. The van der Waals surface area contributed by atoms with Crippen LogP contribution in [-0.4, -0.2) is 66.2 Å². The van der Waals surface area contributed by atoms with Gasteiger partial charge in [0.05, 0.1) is 23.4 Å². The zero-order chi connectivity index (χ0) is 17.7. The van der Waals surface area contributed by atoms with Gasteiger partial charge in [-0.15, -0.1) is 0 Å². The number of nitrogens with zero attached hydrogens (tertiary/aromatic N) is 1. The summed E-state index contributed by atoms with van der Waals surface area (Å²) in [5.74, 6) is 0.657. The third-order valence-corrected chi connectivity index (χ3v) is 5.06. The van der Waals surface area contributed by atoms with Crippen molar-refractivity contribution in [1.29, 1.82) is 0 Å². The molecule has 9 heteroatoms. The Morgan fingerprint density at radius 1 is 1.46 bits per heavy atom. The monoisotopic (exact) mass is 373 g/mol. The fourth-order valence-corrected chi connectivity index (χ4v) is 3.56. The highest BCUT2D eigenvalue weighted by molar-refractivity contribution is 7.99. The van der Waals surface area contributed by atoms with Gasteiger partial charge in [-0.25, -0.2) is 0 Å². The first-order valence-corrected chi connectivity index (χ1v) is 8.93. The van der Waals surface area contributed by atoms with Crippen molar-refractivity contribution >= 4 is 40.9 Å². The number of rotatable bonds is 6. The van der Waals surface area contributed by atoms with Gasteiger partial charge >= 0.3 is 5.97 Å². The Morgan fingerprint density at radius 3 is 2.71 bits per heavy atom. The summed E-state index contributed by atoms with van der Waals surface area (Å²) in [5.41, 5.74) is 6.22. The highest BCUT2D eigenvalue weighted by Crippen LogP contribution is 2.28. The van der Waals surface area contributed by atoms with Gasteiger partial charge in [0.15, 0.2) is 0 Å². The van der Waals surface area contributed by atoms with Gasteiger partial charge in [0.1, 0.15) is 11.8 Å². The Labute approximate surface area is 149 Å². The van der Waals surface area contributed by atoms with Crippen LogP contribution >= 0.6 is 23.4 Å². The smallest absolute Gasteiger partial charge is 0.322 e. The standard InChI is InChI=1S/C15H20ClN3O4S/c1-23-13-7-11(17)10(16)6-9(13)14(20)18-8-12(15(21)22)19-2-4-24-5-3-19/h6-7,12H,2-5,8,17H2,1H3,(H,18,20)(H,21,22). The number of aliphatic carboxylic acids is 1. The van der Waals surface area contributed by atoms with E-state index in [2.05, 4.69) is 5.32 Å². The van der Waals surface area contributed by atoms with Crippen LogP contribution in [-0.2, 0) is 4.79 Å². The van der Waals surface area contributed by atoms with Crippen LogP contribution in [0.15, 0.2) is 12.1 Å². The van der Waals surface area contributed by atoms with Crippen LogP contribution in [0.5, 0.6) is 5.75 Å². The van der Waals surface area contributed by atoms with Gasteiger partial charge in [-0.05, 0) is 6.07 Å². The van der Waals surface area contributed by atoms with Gasteiger partial charge in [-0.1, -0.05) is 11.6 Å². The molecule has 0 spiro atoms. The summed E-state index contributed by atoms with van der Waals surface area (Å²) in [6.45, 7) is 1.38. The van der Waals surface area contributed by atoms with Crippen LogP contribution in [0.1, 0.15) is 10.4 Å². The minimum absolute atomic E-state index is 0.00395. The molecule has 0 radical (unpaired) electrons. The molecule has 0 aromatic heterocycles. The summed E-state index contributed by atoms with van der Waals surface area (Å²) >= 11 is 7.75. The van der Waals surface area contributed by atoms with E-state index in [4.69, 9.17) is 22.1 Å². The lowest BCUT2D eigenvalue weighted by atomic mass is 10.1. The van der Waals surface area contributed by atoms with Crippen molar-refractivity contribution in [3.8, 4) is 5.75 Å². The molecule has 0 saturated carbocycles. The van der Waals surface area contributed by atoms with E-state index in [-0.39, 0.29) is 22.9 Å². The maximum atomic E-state index is 12.4. The molecule has 132 valence electrons. The number of nitrogens with one attached hydrogen (secondary N) is 1. The van der Waals surface area contributed by atoms with E-state index in [1.165, 1.54) is 19.2 Å². The quantitative estimate of drug-likeness (QED) is 0.642. The molecule has 1 aromatic rings. The summed E-state index contributed by atoms with van der Waals surface area (Å²) in [6.07, 6.45) is 0. The van der Waals surface area contributed by atoms with Crippen LogP contribution in [0.25, 0.3) is 0 Å². The molecule has 1 aromatic carbocycles. The number of benzene rings is 1. The number of nitrogen functional groups attached to an aromatic ring is 1. The van der Waals surface area contributed by atoms with Gasteiger partial charge in [0.2, 0.25) is 0 Å². The molecule has 1 aliphatic heterocycles. The van der Waals surface area contributed by atoms with E-state index in [9.17, 15) is 14.7 Å². The predicted molar refractivity (Wildman–Crippen MR) is 95.1 cm³/mol. The average molecular weight is 374 g/mol. The molecule has 1 amide bonds. The van der Waals surface area contributed by atoms with Gasteiger partial charge in [-0.3, -0.25) is 14.5 Å². The molecular formula is C15H20ClN3O4S. The minimum atomic E-state index is -0.954. The molecule has 7 nitrogen and oxygen atoms in total. The topological polar surface area (TPSA) is 105 Å². The summed E-state index contributed by atoms with van der Waals surface area (Å²) < 4.78 is 5.14. The molecule has 0 bridgehead atoms. The van der Waals surface area contributed by atoms with Crippen molar-refractivity contribution in [2.75, 3.05) is 44.0 Å². The van der Waals surface area contributed by atoms with Gasteiger partial charge in [0, 0.05) is 37.2 Å². The SMILES string of the molecule is COc1cc(N)c(Cl)cc1C(=O)NCC(C(=O)O)N1CCSCC1. The average Bonchev–Trinajstić information content (AvgIpc) is 2.57. The Hall–Kier alpha value is -1.64. The second-order valence-corrected chi connectivity index (χ2v) is 6.92. The Balaban J connectivity index is 2.08. The van der Waals surface area contributed by atoms with Crippen molar-refractivity contribution in [2.24, 2.45) is 0 Å². The van der Waals surface area contributed by atoms with Crippen molar-refractivity contribution in [3.63, 3.8) is 0 Å².